The summed E-state index contributed by atoms with van der Waals surface area (Å²) < 4.78 is 5.80. The minimum atomic E-state index is 0.690. The van der Waals surface area contributed by atoms with Crippen LogP contribution < -0.4 is 4.74 Å². The molecule has 0 radical (unpaired) electrons. The maximum Gasteiger partial charge on any atom is 0.119 e. The first-order chi connectivity index (χ1) is 12.8. The number of nitriles is 1. The maximum absolute atomic E-state index is 8.81. The molecule has 1 aliphatic rings. The van der Waals surface area contributed by atoms with Gasteiger partial charge in [0.2, 0.25) is 0 Å². The highest BCUT2D eigenvalue weighted by Gasteiger charge is 2.20. The van der Waals surface area contributed by atoms with Crippen molar-refractivity contribution in [3.63, 3.8) is 0 Å². The number of hydrogen-bond donors (Lipinski definition) is 0. The third-order valence-electron chi connectivity index (χ3n) is 5.94. The Hall–Kier alpha value is -1.49. The molecule has 0 amide bonds. The van der Waals surface area contributed by atoms with Crippen LogP contribution >= 0.6 is 0 Å². The van der Waals surface area contributed by atoms with Crippen LogP contribution in [0.5, 0.6) is 5.75 Å². The van der Waals surface area contributed by atoms with E-state index in [2.05, 4.69) is 13.0 Å². The second-order valence-electron chi connectivity index (χ2n) is 8.07. The van der Waals surface area contributed by atoms with Gasteiger partial charge in [-0.3, -0.25) is 0 Å². The summed E-state index contributed by atoms with van der Waals surface area (Å²) in [6.07, 6.45) is 18.2. The van der Waals surface area contributed by atoms with Crippen molar-refractivity contribution in [1.82, 2.24) is 0 Å². The zero-order valence-electron chi connectivity index (χ0n) is 16.7. The molecular formula is C24H37NO. The zero-order chi connectivity index (χ0) is 18.5. The smallest absolute Gasteiger partial charge is 0.119 e. The largest absolute Gasteiger partial charge is 0.494 e. The van der Waals surface area contributed by atoms with E-state index in [0.29, 0.717) is 5.56 Å². The fourth-order valence-electron chi connectivity index (χ4n) is 4.21. The molecule has 0 unspecified atom stereocenters. The van der Waals surface area contributed by atoms with Gasteiger partial charge in [-0.15, -0.1) is 0 Å². The van der Waals surface area contributed by atoms with E-state index in [4.69, 9.17) is 10.00 Å². The highest BCUT2D eigenvalue weighted by Crippen LogP contribution is 2.34. The number of nitrogens with zero attached hydrogens (tertiary/aromatic N) is 1. The lowest BCUT2D eigenvalue weighted by molar-refractivity contribution is 0.228. The van der Waals surface area contributed by atoms with Gasteiger partial charge in [0.15, 0.2) is 0 Å². The molecule has 0 atom stereocenters. The lowest BCUT2D eigenvalue weighted by Gasteiger charge is -2.28. The molecular weight excluding hydrogens is 318 g/mol. The lowest BCUT2D eigenvalue weighted by Crippen LogP contribution is -2.15. The van der Waals surface area contributed by atoms with Crippen molar-refractivity contribution in [1.29, 1.82) is 5.26 Å². The Morgan fingerprint density at radius 1 is 0.846 bits per heavy atom. The number of hydrogen-bond acceptors (Lipinski definition) is 2. The number of unbranched alkanes of at least 4 members (excludes halogenated alkanes) is 5. The Balaban J connectivity index is 1.47. The fourth-order valence-corrected chi connectivity index (χ4v) is 4.21. The first kappa shape index (κ1) is 20.8. The molecule has 0 heterocycles. The van der Waals surface area contributed by atoms with Crippen molar-refractivity contribution in [3.05, 3.63) is 29.8 Å². The molecule has 2 heteroatoms. The van der Waals surface area contributed by atoms with E-state index in [1.165, 1.54) is 77.0 Å². The molecule has 1 aromatic carbocycles. The SMILES string of the molecule is CCCCCCCC[C@H]1CC[C@H](CCCOc2ccc(C#N)cc2)CC1. The van der Waals surface area contributed by atoms with Gasteiger partial charge in [0, 0.05) is 0 Å². The van der Waals surface area contributed by atoms with Crippen LogP contribution in [0, 0.1) is 23.2 Å². The average molecular weight is 356 g/mol. The number of rotatable bonds is 12. The molecule has 26 heavy (non-hydrogen) atoms. The molecule has 1 aromatic rings. The lowest BCUT2D eigenvalue weighted by atomic mass is 9.78. The molecule has 0 spiro atoms. The normalized spacial score (nSPS) is 19.8. The summed E-state index contributed by atoms with van der Waals surface area (Å²) in [6, 6.07) is 9.57. The minimum absolute atomic E-state index is 0.690. The second kappa shape index (κ2) is 12.8. The Morgan fingerprint density at radius 3 is 2.04 bits per heavy atom. The van der Waals surface area contributed by atoms with Crippen LogP contribution in [-0.4, -0.2) is 6.61 Å². The highest BCUT2D eigenvalue weighted by atomic mass is 16.5. The Morgan fingerprint density at radius 2 is 1.42 bits per heavy atom. The summed E-state index contributed by atoms with van der Waals surface area (Å²) in [7, 11) is 0. The van der Waals surface area contributed by atoms with E-state index in [1.807, 2.05) is 24.3 Å². The summed E-state index contributed by atoms with van der Waals surface area (Å²) in [6.45, 7) is 3.08. The van der Waals surface area contributed by atoms with Crippen molar-refractivity contribution >= 4 is 0 Å². The van der Waals surface area contributed by atoms with E-state index in [1.54, 1.807) is 0 Å². The van der Waals surface area contributed by atoms with Crippen molar-refractivity contribution in [2.75, 3.05) is 6.61 Å². The van der Waals surface area contributed by atoms with E-state index in [-0.39, 0.29) is 0 Å². The number of ether oxygens (including phenoxy) is 1. The van der Waals surface area contributed by atoms with Crippen LogP contribution in [0.25, 0.3) is 0 Å². The molecule has 2 nitrogen and oxygen atoms in total. The molecule has 0 aromatic heterocycles. The van der Waals surface area contributed by atoms with E-state index >= 15 is 0 Å². The van der Waals surface area contributed by atoms with Crippen molar-refractivity contribution in [3.8, 4) is 11.8 Å². The number of benzene rings is 1. The first-order valence-electron chi connectivity index (χ1n) is 10.9. The molecule has 2 rings (SSSR count). The topological polar surface area (TPSA) is 33.0 Å². The van der Waals surface area contributed by atoms with E-state index < -0.39 is 0 Å². The summed E-state index contributed by atoms with van der Waals surface area (Å²) >= 11 is 0. The molecule has 0 N–H and O–H groups in total. The second-order valence-corrected chi connectivity index (χ2v) is 8.07. The van der Waals surface area contributed by atoms with Gasteiger partial charge < -0.3 is 4.74 Å². The molecule has 0 saturated heterocycles. The van der Waals surface area contributed by atoms with E-state index in [0.717, 1.165) is 30.6 Å². The fraction of sp³-hybridized carbons (Fsp3) is 0.708. The molecule has 0 bridgehead atoms. The van der Waals surface area contributed by atoms with Gasteiger partial charge in [-0.2, -0.15) is 5.26 Å². The van der Waals surface area contributed by atoms with Crippen LogP contribution in [0.4, 0.5) is 0 Å². The summed E-state index contributed by atoms with van der Waals surface area (Å²) in [4.78, 5) is 0. The van der Waals surface area contributed by atoms with Crippen LogP contribution in [0.1, 0.15) is 96.0 Å². The van der Waals surface area contributed by atoms with Crippen molar-refractivity contribution in [2.45, 2.75) is 90.4 Å². The van der Waals surface area contributed by atoms with E-state index in [9.17, 15) is 0 Å². The van der Waals surface area contributed by atoms with Gasteiger partial charge in [-0.05, 0) is 48.9 Å². The zero-order valence-corrected chi connectivity index (χ0v) is 16.7. The van der Waals surface area contributed by atoms with Crippen molar-refractivity contribution < 1.29 is 4.74 Å². The summed E-state index contributed by atoms with van der Waals surface area (Å²) in [5.41, 5.74) is 0.690. The predicted molar refractivity (Wildman–Crippen MR) is 109 cm³/mol. The van der Waals surface area contributed by atoms with Gasteiger partial charge >= 0.3 is 0 Å². The first-order valence-corrected chi connectivity index (χ1v) is 10.9. The van der Waals surface area contributed by atoms with Crippen LogP contribution in [0.15, 0.2) is 24.3 Å². The maximum atomic E-state index is 8.81. The van der Waals surface area contributed by atoms with Gasteiger partial charge in [-0.1, -0.05) is 77.6 Å². The Bertz CT molecular complexity index is 508. The van der Waals surface area contributed by atoms with Crippen LogP contribution in [0.3, 0.4) is 0 Å². The molecule has 1 fully saturated rings. The molecule has 1 aliphatic carbocycles. The molecule has 144 valence electrons. The Labute approximate surface area is 161 Å². The third kappa shape index (κ3) is 8.26. The van der Waals surface area contributed by atoms with Crippen LogP contribution in [0.2, 0.25) is 0 Å². The molecule has 1 saturated carbocycles. The van der Waals surface area contributed by atoms with Gasteiger partial charge in [0.05, 0.1) is 18.2 Å². The summed E-state index contributed by atoms with van der Waals surface area (Å²) in [5.74, 6) is 2.80. The van der Waals surface area contributed by atoms with Gasteiger partial charge in [0.1, 0.15) is 5.75 Å². The third-order valence-corrected chi connectivity index (χ3v) is 5.94. The van der Waals surface area contributed by atoms with Crippen LogP contribution in [-0.2, 0) is 0 Å². The predicted octanol–water partition coefficient (Wildman–Crippen LogP) is 7.27. The summed E-state index contributed by atoms with van der Waals surface area (Å²) in [5, 5.41) is 8.81. The minimum Gasteiger partial charge on any atom is -0.494 e. The van der Waals surface area contributed by atoms with Gasteiger partial charge in [0.25, 0.3) is 0 Å². The van der Waals surface area contributed by atoms with Crippen molar-refractivity contribution in [2.24, 2.45) is 11.8 Å². The monoisotopic (exact) mass is 355 g/mol. The highest BCUT2D eigenvalue weighted by molar-refractivity contribution is 5.34. The average Bonchev–Trinajstić information content (AvgIpc) is 2.69. The van der Waals surface area contributed by atoms with Gasteiger partial charge in [-0.25, -0.2) is 0 Å². The standard InChI is InChI=1S/C24H37NO/c1-2-3-4-5-6-7-9-21-11-13-22(14-12-21)10-8-19-26-24-17-15-23(20-25)16-18-24/h15-18,21-22H,2-14,19H2,1H3/t21-,22-. The Kier molecular flexibility index (Phi) is 10.2. The quantitative estimate of drug-likeness (QED) is 0.369. The molecule has 0 aliphatic heterocycles.